The quantitative estimate of drug-likeness (QED) is 0.597. The molecule has 0 aliphatic rings. The second-order valence-corrected chi connectivity index (χ2v) is 9.01. The molecule has 0 saturated carbocycles. The van der Waals surface area contributed by atoms with E-state index in [2.05, 4.69) is 5.32 Å². The van der Waals surface area contributed by atoms with Gasteiger partial charge < -0.3 is 15.2 Å². The van der Waals surface area contributed by atoms with E-state index in [0.29, 0.717) is 16.1 Å². The number of sulfone groups is 1. The van der Waals surface area contributed by atoms with Crippen LogP contribution in [0, 0.1) is 11.3 Å². The number of ether oxygens (including phenoxy) is 1. The van der Waals surface area contributed by atoms with Gasteiger partial charge in [0.2, 0.25) is 5.91 Å². The predicted molar refractivity (Wildman–Crippen MR) is 110 cm³/mol. The molecular formula is C19H18Cl2N2O5S. The highest BCUT2D eigenvalue weighted by atomic mass is 35.5. The van der Waals surface area contributed by atoms with Gasteiger partial charge in [-0.3, -0.25) is 4.79 Å². The molecule has 10 heteroatoms. The minimum Gasteiger partial charge on any atom is -0.489 e. The number of hydrogen-bond donors (Lipinski definition) is 2. The number of rotatable bonds is 9. The fourth-order valence-corrected chi connectivity index (χ4v) is 3.95. The number of carbonyl (C=O) groups excluding carboxylic acids is 1. The summed E-state index contributed by atoms with van der Waals surface area (Å²) in [4.78, 5) is 11.9. The van der Waals surface area contributed by atoms with E-state index in [1.807, 2.05) is 6.07 Å². The Morgan fingerprint density at radius 2 is 1.90 bits per heavy atom. The van der Waals surface area contributed by atoms with Gasteiger partial charge in [0.05, 0.1) is 22.4 Å². The molecule has 0 saturated heterocycles. The predicted octanol–water partition coefficient (Wildman–Crippen LogP) is 2.34. The standard InChI is InChI=1S/C19H18Cl2N2O5S/c20-16-2-1-3-17(19(16)21)28-10-15(24)9-23-18(25)12-29(26,27)11-14-6-4-13(8-22)5-7-14/h1-7,15,24H,9-12H2,(H,23,25). The van der Waals surface area contributed by atoms with Gasteiger partial charge in [-0.1, -0.05) is 41.4 Å². The molecule has 2 rings (SSSR count). The lowest BCUT2D eigenvalue weighted by atomic mass is 10.2. The molecule has 1 unspecified atom stereocenters. The molecule has 2 N–H and O–H groups in total. The van der Waals surface area contributed by atoms with Crippen molar-refractivity contribution in [3.63, 3.8) is 0 Å². The number of amides is 1. The fourth-order valence-electron chi connectivity index (χ4n) is 2.30. The zero-order chi connectivity index (χ0) is 21.4. The molecule has 0 spiro atoms. The van der Waals surface area contributed by atoms with Crippen LogP contribution in [0.1, 0.15) is 11.1 Å². The molecule has 154 valence electrons. The van der Waals surface area contributed by atoms with Crippen molar-refractivity contribution < 1.29 is 23.1 Å². The van der Waals surface area contributed by atoms with Gasteiger partial charge in [-0.25, -0.2) is 8.42 Å². The van der Waals surface area contributed by atoms with Gasteiger partial charge in [0.25, 0.3) is 0 Å². The van der Waals surface area contributed by atoms with Crippen LogP contribution < -0.4 is 10.1 Å². The summed E-state index contributed by atoms with van der Waals surface area (Å²) < 4.78 is 29.7. The van der Waals surface area contributed by atoms with Crippen molar-refractivity contribution in [3.8, 4) is 11.8 Å². The third kappa shape index (κ3) is 7.55. The maximum absolute atomic E-state index is 12.1. The number of nitrogens with zero attached hydrogens (tertiary/aromatic N) is 1. The molecule has 0 bridgehead atoms. The van der Waals surface area contributed by atoms with E-state index in [1.165, 1.54) is 24.3 Å². The SMILES string of the molecule is N#Cc1ccc(CS(=O)(=O)CC(=O)NCC(O)COc2cccc(Cl)c2Cl)cc1. The Labute approximate surface area is 178 Å². The van der Waals surface area contributed by atoms with E-state index >= 15 is 0 Å². The topological polar surface area (TPSA) is 116 Å². The number of benzene rings is 2. The van der Waals surface area contributed by atoms with Crippen LogP contribution in [0.2, 0.25) is 10.0 Å². The fraction of sp³-hybridized carbons (Fsp3) is 0.263. The lowest BCUT2D eigenvalue weighted by Gasteiger charge is -2.14. The lowest BCUT2D eigenvalue weighted by Crippen LogP contribution is -2.38. The number of halogens is 2. The van der Waals surface area contributed by atoms with E-state index in [0.717, 1.165) is 0 Å². The zero-order valence-electron chi connectivity index (χ0n) is 15.1. The molecule has 2 aromatic carbocycles. The first kappa shape index (κ1) is 23.0. The summed E-state index contributed by atoms with van der Waals surface area (Å²) in [5.41, 5.74) is 0.891. The summed E-state index contributed by atoms with van der Waals surface area (Å²) in [5, 5.41) is 21.5. The molecule has 1 amide bonds. The highest BCUT2D eigenvalue weighted by molar-refractivity contribution is 7.91. The average molecular weight is 457 g/mol. The Balaban J connectivity index is 1.78. The van der Waals surface area contributed by atoms with Crippen LogP contribution in [0.25, 0.3) is 0 Å². The second kappa shape index (κ2) is 10.5. The van der Waals surface area contributed by atoms with E-state index in [4.69, 9.17) is 33.2 Å². The van der Waals surface area contributed by atoms with Crippen LogP contribution in [0.15, 0.2) is 42.5 Å². The molecule has 7 nitrogen and oxygen atoms in total. The summed E-state index contributed by atoms with van der Waals surface area (Å²) >= 11 is 11.8. The maximum atomic E-state index is 12.1. The Hall–Kier alpha value is -2.31. The molecule has 0 aromatic heterocycles. The largest absolute Gasteiger partial charge is 0.489 e. The third-order valence-corrected chi connectivity index (χ3v) is 5.98. The molecule has 0 radical (unpaired) electrons. The van der Waals surface area contributed by atoms with Crippen LogP contribution in [0.5, 0.6) is 5.75 Å². The van der Waals surface area contributed by atoms with Crippen LogP contribution in [-0.2, 0) is 20.4 Å². The Bertz CT molecular complexity index is 1000. The summed E-state index contributed by atoms with van der Waals surface area (Å²) in [6.07, 6.45) is -1.07. The number of hydrogen-bond acceptors (Lipinski definition) is 6. The van der Waals surface area contributed by atoms with Crippen molar-refractivity contribution in [3.05, 3.63) is 63.6 Å². The van der Waals surface area contributed by atoms with Crippen LogP contribution in [0.4, 0.5) is 0 Å². The van der Waals surface area contributed by atoms with Gasteiger partial charge in [-0.15, -0.1) is 0 Å². The van der Waals surface area contributed by atoms with Gasteiger partial charge in [0, 0.05) is 6.54 Å². The molecule has 2 aromatic rings. The summed E-state index contributed by atoms with van der Waals surface area (Å²) in [6, 6.07) is 12.8. The lowest BCUT2D eigenvalue weighted by molar-refractivity contribution is -0.119. The van der Waals surface area contributed by atoms with Gasteiger partial charge >= 0.3 is 0 Å². The van der Waals surface area contributed by atoms with Crippen molar-refractivity contribution in [2.24, 2.45) is 0 Å². The van der Waals surface area contributed by atoms with Gasteiger partial charge in [-0.2, -0.15) is 5.26 Å². The first-order valence-electron chi connectivity index (χ1n) is 8.41. The van der Waals surface area contributed by atoms with Crippen molar-refractivity contribution in [1.29, 1.82) is 5.26 Å². The monoisotopic (exact) mass is 456 g/mol. The van der Waals surface area contributed by atoms with Crippen molar-refractivity contribution >= 4 is 38.9 Å². The number of aliphatic hydroxyl groups excluding tert-OH is 1. The average Bonchev–Trinajstić information content (AvgIpc) is 2.67. The van der Waals surface area contributed by atoms with Gasteiger partial charge in [-0.05, 0) is 29.8 Å². The van der Waals surface area contributed by atoms with Crippen molar-refractivity contribution in [2.45, 2.75) is 11.9 Å². The van der Waals surface area contributed by atoms with E-state index < -0.39 is 27.6 Å². The van der Waals surface area contributed by atoms with E-state index in [9.17, 15) is 18.3 Å². The van der Waals surface area contributed by atoms with Crippen LogP contribution in [0.3, 0.4) is 0 Å². The molecule has 0 fully saturated rings. The highest BCUT2D eigenvalue weighted by Crippen LogP contribution is 2.31. The normalized spacial score (nSPS) is 12.1. The van der Waals surface area contributed by atoms with Gasteiger partial charge in [0.1, 0.15) is 29.2 Å². The molecule has 0 aliphatic heterocycles. The van der Waals surface area contributed by atoms with Gasteiger partial charge in [0.15, 0.2) is 9.84 Å². The molecule has 29 heavy (non-hydrogen) atoms. The molecular weight excluding hydrogens is 439 g/mol. The summed E-state index contributed by atoms with van der Waals surface area (Å²) in [5.74, 6) is -1.50. The van der Waals surface area contributed by atoms with Crippen molar-refractivity contribution in [1.82, 2.24) is 5.32 Å². The Morgan fingerprint density at radius 1 is 1.21 bits per heavy atom. The molecule has 1 atom stereocenters. The zero-order valence-corrected chi connectivity index (χ0v) is 17.5. The number of carbonyl (C=O) groups is 1. The maximum Gasteiger partial charge on any atom is 0.235 e. The Kier molecular flexibility index (Phi) is 8.29. The third-order valence-electron chi connectivity index (χ3n) is 3.70. The second-order valence-electron chi connectivity index (χ2n) is 6.16. The first-order valence-corrected chi connectivity index (χ1v) is 11.0. The minimum absolute atomic E-state index is 0.168. The number of aliphatic hydroxyl groups is 1. The minimum atomic E-state index is -3.71. The van der Waals surface area contributed by atoms with Crippen LogP contribution in [-0.4, -0.2) is 44.4 Å². The van der Waals surface area contributed by atoms with E-state index in [-0.39, 0.29) is 29.7 Å². The summed E-state index contributed by atoms with van der Waals surface area (Å²) in [7, 11) is -3.71. The molecule has 0 aliphatic carbocycles. The summed E-state index contributed by atoms with van der Waals surface area (Å²) in [6.45, 7) is -0.359. The Morgan fingerprint density at radius 3 is 2.55 bits per heavy atom. The van der Waals surface area contributed by atoms with Crippen LogP contribution >= 0.6 is 23.2 Å². The number of nitriles is 1. The smallest absolute Gasteiger partial charge is 0.235 e. The van der Waals surface area contributed by atoms with E-state index in [1.54, 1.807) is 18.2 Å². The molecule has 0 heterocycles. The number of nitrogens with one attached hydrogen (secondary N) is 1. The highest BCUT2D eigenvalue weighted by Gasteiger charge is 2.18. The first-order chi connectivity index (χ1) is 13.7. The van der Waals surface area contributed by atoms with Crippen molar-refractivity contribution in [2.75, 3.05) is 18.9 Å².